The molecule has 32 heavy (non-hydrogen) atoms. The normalized spacial score (nSPS) is 32.1. The van der Waals surface area contributed by atoms with E-state index in [1.54, 1.807) is 24.3 Å². The van der Waals surface area contributed by atoms with Gasteiger partial charge in [0.1, 0.15) is 46.9 Å². The van der Waals surface area contributed by atoms with E-state index in [1.807, 2.05) is 0 Å². The lowest BCUT2D eigenvalue weighted by Crippen LogP contribution is -2.58. The molecule has 0 amide bonds. The summed E-state index contributed by atoms with van der Waals surface area (Å²) in [4.78, 5) is 12.7. The molecule has 0 radical (unpaired) electrons. The minimum atomic E-state index is -1.56. The van der Waals surface area contributed by atoms with Gasteiger partial charge in [0.15, 0.2) is 12.2 Å². The highest BCUT2D eigenvalue weighted by atomic mass is 16.7. The summed E-state index contributed by atoms with van der Waals surface area (Å²) in [5, 5.41) is 50.8. The number of carbonyl (C=O) groups is 1. The Morgan fingerprint density at radius 1 is 0.938 bits per heavy atom. The number of hydrogen-bond donors (Lipinski definition) is 5. The maximum Gasteiger partial charge on any atom is 0.229 e. The van der Waals surface area contributed by atoms with Crippen LogP contribution in [-0.4, -0.2) is 75.2 Å². The number of benzene rings is 2. The summed E-state index contributed by atoms with van der Waals surface area (Å²) in [6.07, 6.45) is -9.11. The van der Waals surface area contributed by atoms with Crippen molar-refractivity contribution in [1.29, 1.82) is 0 Å². The Balaban J connectivity index is 1.62. The molecule has 2 aliphatic heterocycles. The molecule has 10 heteroatoms. The Kier molecular flexibility index (Phi) is 5.97. The molecule has 4 rings (SSSR count). The summed E-state index contributed by atoms with van der Waals surface area (Å²) in [5.41, 5.74) is 0.309. The zero-order chi connectivity index (χ0) is 23.2. The van der Waals surface area contributed by atoms with Gasteiger partial charge in [-0.3, -0.25) is 4.79 Å². The van der Waals surface area contributed by atoms with Crippen LogP contribution in [0.15, 0.2) is 36.4 Å². The van der Waals surface area contributed by atoms with E-state index in [2.05, 4.69) is 0 Å². The third-order valence-electron chi connectivity index (χ3n) is 5.62. The average Bonchev–Trinajstić information content (AvgIpc) is 2.78. The van der Waals surface area contributed by atoms with Crippen molar-refractivity contribution in [3.8, 4) is 23.0 Å². The molecule has 2 aromatic carbocycles. The number of rotatable bonds is 4. The van der Waals surface area contributed by atoms with Crippen molar-refractivity contribution >= 4 is 5.78 Å². The zero-order valence-electron chi connectivity index (χ0n) is 17.3. The van der Waals surface area contributed by atoms with Crippen LogP contribution < -0.4 is 14.2 Å². The summed E-state index contributed by atoms with van der Waals surface area (Å²) in [5.74, 6) is -0.675. The van der Waals surface area contributed by atoms with Crippen LogP contribution in [0.4, 0.5) is 0 Å². The Morgan fingerprint density at radius 3 is 2.28 bits per heavy atom. The first-order chi connectivity index (χ1) is 15.2. The molecule has 10 nitrogen and oxygen atoms in total. The Morgan fingerprint density at radius 2 is 1.62 bits per heavy atom. The van der Waals surface area contributed by atoms with E-state index in [0.29, 0.717) is 11.3 Å². The molecule has 2 aliphatic rings. The number of aliphatic hydroxyl groups excluding tert-OH is 4. The molecule has 0 spiro atoms. The summed E-state index contributed by atoms with van der Waals surface area (Å²) in [6, 6.07) is 9.03. The Hall–Kier alpha value is -2.89. The van der Waals surface area contributed by atoms with Crippen molar-refractivity contribution in [3.05, 3.63) is 47.5 Å². The molecule has 1 fully saturated rings. The summed E-state index contributed by atoms with van der Waals surface area (Å²) < 4.78 is 21.9. The quantitative estimate of drug-likeness (QED) is 0.441. The van der Waals surface area contributed by atoms with Crippen LogP contribution in [0, 0.1) is 0 Å². The summed E-state index contributed by atoms with van der Waals surface area (Å²) >= 11 is 0. The molecular formula is C22H24O10. The van der Waals surface area contributed by atoms with E-state index in [1.165, 1.54) is 20.1 Å². The third-order valence-corrected chi connectivity index (χ3v) is 5.62. The van der Waals surface area contributed by atoms with E-state index >= 15 is 0 Å². The molecule has 0 aromatic heterocycles. The lowest BCUT2D eigenvalue weighted by Gasteiger charge is -2.39. The highest BCUT2D eigenvalue weighted by Crippen LogP contribution is 2.42. The number of ether oxygens (including phenoxy) is 4. The predicted molar refractivity (Wildman–Crippen MR) is 108 cm³/mol. The number of Topliss-reactive ketones (excluding diaryl/α,β-unsaturated/α-hetero) is 1. The predicted octanol–water partition coefficient (Wildman–Crippen LogP) is 0.284. The van der Waals surface area contributed by atoms with Gasteiger partial charge in [0.25, 0.3) is 0 Å². The van der Waals surface area contributed by atoms with Crippen molar-refractivity contribution in [1.82, 2.24) is 0 Å². The van der Waals surface area contributed by atoms with Gasteiger partial charge in [-0.1, -0.05) is 12.1 Å². The number of hydrogen-bond acceptors (Lipinski definition) is 10. The van der Waals surface area contributed by atoms with Crippen LogP contribution in [-0.2, 0) is 4.74 Å². The Labute approximate surface area is 183 Å². The second-order valence-corrected chi connectivity index (χ2v) is 7.74. The second-order valence-electron chi connectivity index (χ2n) is 7.74. The molecule has 1 saturated heterocycles. The van der Waals surface area contributed by atoms with Gasteiger partial charge in [-0.15, -0.1) is 0 Å². The fourth-order valence-electron chi connectivity index (χ4n) is 3.76. The average molecular weight is 448 g/mol. The van der Waals surface area contributed by atoms with Gasteiger partial charge in [-0.25, -0.2) is 0 Å². The number of phenolic OH excluding ortho intramolecular Hbond substituents is 1. The van der Waals surface area contributed by atoms with E-state index in [-0.39, 0.29) is 17.1 Å². The smallest absolute Gasteiger partial charge is 0.229 e. The van der Waals surface area contributed by atoms with Crippen molar-refractivity contribution in [3.63, 3.8) is 0 Å². The van der Waals surface area contributed by atoms with Crippen LogP contribution in [0.5, 0.6) is 23.0 Å². The molecule has 5 N–H and O–H groups in total. The number of aliphatic hydroxyl groups is 4. The lowest BCUT2D eigenvalue weighted by atomic mass is 9.93. The molecule has 172 valence electrons. The highest BCUT2D eigenvalue weighted by molar-refractivity contribution is 6.05. The first-order valence-electron chi connectivity index (χ1n) is 9.97. The van der Waals surface area contributed by atoms with Crippen LogP contribution in [0.1, 0.15) is 28.9 Å². The van der Waals surface area contributed by atoms with Crippen LogP contribution in [0.2, 0.25) is 0 Å². The molecule has 2 heterocycles. The van der Waals surface area contributed by atoms with Gasteiger partial charge in [0, 0.05) is 12.1 Å². The van der Waals surface area contributed by atoms with Gasteiger partial charge in [-0.2, -0.15) is 0 Å². The van der Waals surface area contributed by atoms with Gasteiger partial charge in [0.2, 0.25) is 12.1 Å². The summed E-state index contributed by atoms with van der Waals surface area (Å²) in [7, 11) is 1.51. The number of aromatic hydroxyl groups is 1. The van der Waals surface area contributed by atoms with Crippen molar-refractivity contribution < 1.29 is 49.3 Å². The van der Waals surface area contributed by atoms with Gasteiger partial charge >= 0.3 is 0 Å². The second kappa shape index (κ2) is 8.57. The van der Waals surface area contributed by atoms with Gasteiger partial charge in [0.05, 0.1) is 13.2 Å². The first kappa shape index (κ1) is 22.3. The van der Waals surface area contributed by atoms with E-state index in [9.17, 15) is 30.3 Å². The van der Waals surface area contributed by atoms with E-state index < -0.39 is 54.4 Å². The Bertz CT molecular complexity index is 991. The molecule has 0 bridgehead atoms. The molecular weight excluding hydrogens is 424 g/mol. The third kappa shape index (κ3) is 3.87. The number of phenols is 1. The summed E-state index contributed by atoms with van der Waals surface area (Å²) in [6.45, 7) is 1.50. The van der Waals surface area contributed by atoms with E-state index in [0.717, 1.165) is 6.07 Å². The molecule has 0 aliphatic carbocycles. The standard InChI is InChI=1S/C22H24O10/c1-9-16(24)18(26)20(28)22(30-9)31-12-7-13(23)15-14(8-12)32-21(19(27)17(15)25)10-3-5-11(29-2)6-4-10/h3-9,16,18-24,26-28H,1-2H3/t9-,16-,18+,19-,20+,21-,22+/m0/s1. The topological polar surface area (TPSA) is 155 Å². The fraction of sp³-hybridized carbons (Fsp3) is 0.409. The number of carbonyl (C=O) groups excluding carboxylic acids is 1. The molecule has 2 aromatic rings. The first-order valence-corrected chi connectivity index (χ1v) is 9.97. The maximum atomic E-state index is 12.7. The molecule has 0 saturated carbocycles. The van der Waals surface area contributed by atoms with Crippen LogP contribution in [0.25, 0.3) is 0 Å². The van der Waals surface area contributed by atoms with Crippen molar-refractivity contribution in [2.24, 2.45) is 0 Å². The molecule has 0 unspecified atom stereocenters. The van der Waals surface area contributed by atoms with Crippen LogP contribution in [0.3, 0.4) is 0 Å². The minimum Gasteiger partial charge on any atom is -0.507 e. The monoisotopic (exact) mass is 448 g/mol. The van der Waals surface area contributed by atoms with Crippen molar-refractivity contribution in [2.45, 2.75) is 49.8 Å². The fourth-order valence-corrected chi connectivity index (χ4v) is 3.76. The van der Waals surface area contributed by atoms with Gasteiger partial charge < -0.3 is 44.5 Å². The van der Waals surface area contributed by atoms with Crippen LogP contribution >= 0.6 is 0 Å². The maximum absolute atomic E-state index is 12.7. The van der Waals surface area contributed by atoms with Crippen molar-refractivity contribution in [2.75, 3.05) is 7.11 Å². The minimum absolute atomic E-state index is 0.0150. The number of fused-ring (bicyclic) bond motifs is 1. The SMILES string of the molecule is COc1ccc([C@@H]2Oc3cc(O[C@H]4O[C@@H](C)[C@H](O)[C@@H](O)[C@H]4O)cc(O)c3C(=O)[C@@H]2O)cc1. The zero-order valence-corrected chi connectivity index (χ0v) is 17.3. The lowest BCUT2D eigenvalue weighted by molar-refractivity contribution is -0.268. The molecule has 7 atom stereocenters. The van der Waals surface area contributed by atoms with Gasteiger partial charge in [-0.05, 0) is 24.6 Å². The van der Waals surface area contributed by atoms with E-state index in [4.69, 9.17) is 18.9 Å². The number of ketones is 1. The largest absolute Gasteiger partial charge is 0.507 e. The number of methoxy groups -OCH3 is 1. The highest BCUT2D eigenvalue weighted by Gasteiger charge is 2.44.